The normalized spacial score (nSPS) is 10.9. The molecule has 0 amide bonds. The van der Waals surface area contributed by atoms with E-state index in [1.54, 1.807) is 30.7 Å². The summed E-state index contributed by atoms with van der Waals surface area (Å²) in [5, 5.41) is 7.92. The lowest BCUT2D eigenvalue weighted by molar-refractivity contribution is 0.0970. The fourth-order valence-corrected chi connectivity index (χ4v) is 2.06. The van der Waals surface area contributed by atoms with Gasteiger partial charge in [-0.1, -0.05) is 5.16 Å². The summed E-state index contributed by atoms with van der Waals surface area (Å²) in [5.74, 6) is 1.03. The molecule has 3 aromatic rings. The highest BCUT2D eigenvalue weighted by Crippen LogP contribution is 2.21. The van der Waals surface area contributed by atoms with Crippen LogP contribution < -0.4 is 0 Å². The maximum atomic E-state index is 12.0. The van der Waals surface area contributed by atoms with Crippen molar-refractivity contribution in [2.45, 2.75) is 25.8 Å². The number of hydrogen-bond acceptors (Lipinski definition) is 5. The molecule has 21 heavy (non-hydrogen) atoms. The van der Waals surface area contributed by atoms with Crippen LogP contribution in [0, 0.1) is 0 Å². The maximum absolute atomic E-state index is 12.0. The molecular weight excluding hydrogens is 270 g/mol. The average Bonchev–Trinajstić information content (AvgIpc) is 3.25. The summed E-state index contributed by atoms with van der Waals surface area (Å²) in [6.07, 6.45) is 7.35. The molecule has 108 valence electrons. The Balaban J connectivity index is 1.49. The third-order valence-electron chi connectivity index (χ3n) is 3.16. The molecule has 3 rings (SSSR count). The first-order chi connectivity index (χ1) is 10.3. The molecule has 0 unspecified atom stereocenters. The predicted molar refractivity (Wildman–Crippen MR) is 74.6 cm³/mol. The van der Waals surface area contributed by atoms with Gasteiger partial charge in [-0.2, -0.15) is 5.10 Å². The number of Topliss-reactive ketones (excluding diaryl/α,β-unsaturated/α-hetero) is 1. The van der Waals surface area contributed by atoms with E-state index in [1.807, 2.05) is 16.9 Å². The second-order valence-electron chi connectivity index (χ2n) is 4.70. The van der Waals surface area contributed by atoms with Crippen LogP contribution in [0.5, 0.6) is 0 Å². The number of nitrogens with zero attached hydrogens (tertiary/aromatic N) is 3. The highest BCUT2D eigenvalue weighted by molar-refractivity contribution is 5.94. The number of furan rings is 1. The summed E-state index contributed by atoms with van der Waals surface area (Å²) in [6, 6.07) is 7.03. The van der Waals surface area contributed by atoms with E-state index in [-0.39, 0.29) is 5.78 Å². The first-order valence-electron chi connectivity index (χ1n) is 6.84. The van der Waals surface area contributed by atoms with Crippen molar-refractivity contribution >= 4 is 5.78 Å². The summed E-state index contributed by atoms with van der Waals surface area (Å²) >= 11 is 0. The van der Waals surface area contributed by atoms with Crippen LogP contribution in [0.1, 0.15) is 29.8 Å². The van der Waals surface area contributed by atoms with Gasteiger partial charge in [-0.3, -0.25) is 9.48 Å². The molecule has 0 aliphatic heterocycles. The van der Waals surface area contributed by atoms with E-state index in [2.05, 4.69) is 10.3 Å². The molecule has 0 radical (unpaired) electrons. The zero-order valence-electron chi connectivity index (χ0n) is 11.4. The van der Waals surface area contributed by atoms with Crippen molar-refractivity contribution in [1.29, 1.82) is 0 Å². The third-order valence-corrected chi connectivity index (χ3v) is 3.16. The van der Waals surface area contributed by atoms with Gasteiger partial charge in [-0.05, 0) is 31.0 Å². The summed E-state index contributed by atoms with van der Waals surface area (Å²) in [5.41, 5.74) is 0.348. The maximum Gasteiger partial charge on any atom is 0.202 e. The van der Waals surface area contributed by atoms with Gasteiger partial charge in [0.05, 0.1) is 6.26 Å². The number of aromatic nitrogens is 3. The molecule has 0 atom stereocenters. The third kappa shape index (κ3) is 3.28. The monoisotopic (exact) mass is 285 g/mol. The number of ketones is 1. The number of carbonyl (C=O) groups excluding carboxylic acids is 1. The number of hydrogen-bond donors (Lipinski definition) is 0. The van der Waals surface area contributed by atoms with Crippen LogP contribution in [0.3, 0.4) is 0 Å². The number of rotatable bonds is 7. The van der Waals surface area contributed by atoms with Crippen molar-refractivity contribution in [3.63, 3.8) is 0 Å². The molecule has 6 heteroatoms. The number of aryl methyl sites for hydroxylation is 1. The second-order valence-corrected chi connectivity index (χ2v) is 4.70. The van der Waals surface area contributed by atoms with Gasteiger partial charge >= 0.3 is 0 Å². The largest absolute Gasteiger partial charge is 0.461 e. The molecule has 6 nitrogen and oxygen atoms in total. The molecule has 3 aromatic heterocycles. The molecule has 0 aliphatic rings. The fraction of sp³-hybridized carbons (Fsp3) is 0.267. The van der Waals surface area contributed by atoms with E-state index in [1.165, 1.54) is 0 Å². The Labute approximate surface area is 121 Å². The SMILES string of the molecule is O=C(CCCCn1cccn1)c1cc(-c2ccco2)on1. The molecule has 0 bridgehead atoms. The minimum Gasteiger partial charge on any atom is -0.461 e. The van der Waals surface area contributed by atoms with Gasteiger partial charge in [0.25, 0.3) is 0 Å². The van der Waals surface area contributed by atoms with Crippen LogP contribution in [0.15, 0.2) is 51.9 Å². The zero-order valence-corrected chi connectivity index (χ0v) is 11.4. The van der Waals surface area contributed by atoms with Crippen molar-refractivity contribution in [3.8, 4) is 11.5 Å². The van der Waals surface area contributed by atoms with E-state index in [9.17, 15) is 4.79 Å². The summed E-state index contributed by atoms with van der Waals surface area (Å²) in [7, 11) is 0. The van der Waals surface area contributed by atoms with Crippen LogP contribution >= 0.6 is 0 Å². The second kappa shape index (κ2) is 6.21. The van der Waals surface area contributed by atoms with Crippen molar-refractivity contribution in [1.82, 2.24) is 14.9 Å². The highest BCUT2D eigenvalue weighted by atomic mass is 16.5. The molecular formula is C15H15N3O3. The Bertz CT molecular complexity index is 684. The number of unbranched alkanes of at least 4 members (excludes halogenated alkanes) is 1. The lowest BCUT2D eigenvalue weighted by Crippen LogP contribution is -2.02. The van der Waals surface area contributed by atoms with Crippen LogP contribution in [0.2, 0.25) is 0 Å². The number of carbonyl (C=O) groups is 1. The van der Waals surface area contributed by atoms with Crippen LogP contribution in [0.4, 0.5) is 0 Å². The van der Waals surface area contributed by atoms with Crippen molar-refractivity contribution in [3.05, 3.63) is 48.6 Å². The standard InChI is InChI=1S/C15H15N3O3/c19-13(5-1-2-8-18-9-4-7-16-18)12-11-15(21-17-12)14-6-3-10-20-14/h3-4,6-7,9-11H,1-2,5,8H2. The van der Waals surface area contributed by atoms with Gasteiger partial charge in [0, 0.05) is 31.4 Å². The van der Waals surface area contributed by atoms with Gasteiger partial charge < -0.3 is 8.94 Å². The first kappa shape index (κ1) is 13.4. The lowest BCUT2D eigenvalue weighted by Gasteiger charge is -2.00. The molecule has 3 heterocycles. The highest BCUT2D eigenvalue weighted by Gasteiger charge is 2.14. The Hall–Kier alpha value is -2.63. The molecule has 0 N–H and O–H groups in total. The van der Waals surface area contributed by atoms with Gasteiger partial charge in [-0.15, -0.1) is 0 Å². The Kier molecular flexibility index (Phi) is 3.95. The smallest absolute Gasteiger partial charge is 0.202 e. The Morgan fingerprint density at radius 3 is 2.95 bits per heavy atom. The first-order valence-corrected chi connectivity index (χ1v) is 6.84. The summed E-state index contributed by atoms with van der Waals surface area (Å²) < 4.78 is 12.2. The Morgan fingerprint density at radius 2 is 2.19 bits per heavy atom. The van der Waals surface area contributed by atoms with E-state index < -0.39 is 0 Å². The molecule has 0 saturated carbocycles. The topological polar surface area (TPSA) is 74.1 Å². The van der Waals surface area contributed by atoms with Crippen molar-refractivity contribution in [2.75, 3.05) is 0 Å². The van der Waals surface area contributed by atoms with Crippen molar-refractivity contribution < 1.29 is 13.7 Å². The average molecular weight is 285 g/mol. The lowest BCUT2D eigenvalue weighted by atomic mass is 10.1. The Morgan fingerprint density at radius 1 is 1.24 bits per heavy atom. The van der Waals surface area contributed by atoms with E-state index in [0.29, 0.717) is 23.6 Å². The van der Waals surface area contributed by atoms with Crippen molar-refractivity contribution in [2.24, 2.45) is 0 Å². The minimum absolute atomic E-state index is 0.0166. The van der Waals surface area contributed by atoms with Gasteiger partial charge in [-0.25, -0.2) is 0 Å². The van der Waals surface area contributed by atoms with Gasteiger partial charge in [0.15, 0.2) is 11.5 Å². The predicted octanol–water partition coefficient (Wildman–Crippen LogP) is 3.18. The molecule has 0 fully saturated rings. The molecule has 0 saturated heterocycles. The zero-order chi connectivity index (χ0) is 14.5. The van der Waals surface area contributed by atoms with Crippen LogP contribution in [0.25, 0.3) is 11.5 Å². The summed E-state index contributed by atoms with van der Waals surface area (Å²) in [4.78, 5) is 12.0. The minimum atomic E-state index is -0.0166. The quantitative estimate of drug-likeness (QED) is 0.492. The molecule has 0 spiro atoms. The van der Waals surface area contributed by atoms with E-state index in [0.717, 1.165) is 19.4 Å². The summed E-state index contributed by atoms with van der Waals surface area (Å²) in [6.45, 7) is 0.816. The molecule has 0 aromatic carbocycles. The van der Waals surface area contributed by atoms with E-state index >= 15 is 0 Å². The molecule has 0 aliphatic carbocycles. The van der Waals surface area contributed by atoms with Crippen LogP contribution in [-0.4, -0.2) is 20.7 Å². The van der Waals surface area contributed by atoms with Gasteiger partial charge in [0.1, 0.15) is 5.69 Å². The van der Waals surface area contributed by atoms with E-state index in [4.69, 9.17) is 8.94 Å². The fourth-order valence-electron chi connectivity index (χ4n) is 2.06. The van der Waals surface area contributed by atoms with Crippen LogP contribution in [-0.2, 0) is 6.54 Å². The van der Waals surface area contributed by atoms with Gasteiger partial charge in [0.2, 0.25) is 5.76 Å².